The predicted octanol–water partition coefficient (Wildman–Crippen LogP) is 2.35. The molecule has 122 valence electrons. The Hall–Kier alpha value is -1.92. The zero-order valence-electron chi connectivity index (χ0n) is 13.0. The Balaban J connectivity index is 1.58. The summed E-state index contributed by atoms with van der Waals surface area (Å²) in [6.45, 7) is 0.803. The number of pyridine rings is 1. The van der Waals surface area contributed by atoms with Crippen molar-refractivity contribution in [3.8, 4) is 0 Å². The first-order valence-corrected chi connectivity index (χ1v) is 9.40. The zero-order valence-corrected chi connectivity index (χ0v) is 13.8. The minimum Gasteiger partial charge on any atom is -0.369 e. The molecule has 0 bridgehead atoms. The van der Waals surface area contributed by atoms with Crippen LogP contribution in [0.3, 0.4) is 0 Å². The molecule has 1 aromatic heterocycles. The Morgan fingerprint density at radius 2 is 1.83 bits per heavy atom. The lowest BCUT2D eigenvalue weighted by Crippen LogP contribution is -2.29. The van der Waals surface area contributed by atoms with Crippen LogP contribution < -0.4 is 10.0 Å². The second-order valence-electron chi connectivity index (χ2n) is 5.68. The lowest BCUT2D eigenvalue weighted by molar-refractivity contribution is 0.582. The summed E-state index contributed by atoms with van der Waals surface area (Å²) in [5, 5.41) is 3.08. The highest BCUT2D eigenvalue weighted by atomic mass is 32.2. The van der Waals surface area contributed by atoms with Crippen LogP contribution in [0.4, 0.5) is 5.82 Å². The third-order valence-electron chi connectivity index (χ3n) is 4.02. The smallest absolute Gasteiger partial charge is 0.240 e. The van der Waals surface area contributed by atoms with E-state index >= 15 is 0 Å². The largest absolute Gasteiger partial charge is 0.369 e. The van der Waals surface area contributed by atoms with Crippen LogP contribution >= 0.6 is 0 Å². The molecule has 3 rings (SSSR count). The van der Waals surface area contributed by atoms with E-state index in [0.29, 0.717) is 18.0 Å². The average molecular weight is 331 g/mol. The highest BCUT2D eigenvalue weighted by molar-refractivity contribution is 7.89. The number of aromatic nitrogens is 1. The number of sulfonamides is 1. The molecule has 1 heterocycles. The first-order valence-electron chi connectivity index (χ1n) is 7.91. The summed E-state index contributed by atoms with van der Waals surface area (Å²) in [5.74, 6) is 0.737. The molecule has 0 saturated carbocycles. The number of nitrogens with one attached hydrogen (secondary N) is 2. The molecule has 0 aliphatic heterocycles. The summed E-state index contributed by atoms with van der Waals surface area (Å²) in [6, 6.07) is 11.0. The third kappa shape index (κ3) is 4.09. The standard InChI is InChI=1S/C17H21N3O2S/c21-23(22,20-12-11-19-17-7-3-4-10-18-17)16-9-8-14-5-1-2-6-15(14)13-16/h3-4,7-10,13,20H,1-2,5-6,11-12H2,(H,18,19). The van der Waals surface area contributed by atoms with Gasteiger partial charge in [0.1, 0.15) is 5.82 Å². The van der Waals surface area contributed by atoms with Gasteiger partial charge in [-0.05, 0) is 61.1 Å². The Morgan fingerprint density at radius 3 is 2.61 bits per heavy atom. The van der Waals surface area contributed by atoms with Gasteiger partial charge in [-0.25, -0.2) is 18.1 Å². The second kappa shape index (κ2) is 7.10. The molecule has 6 heteroatoms. The van der Waals surface area contributed by atoms with Gasteiger partial charge in [-0.1, -0.05) is 12.1 Å². The number of hydrogen-bond donors (Lipinski definition) is 2. The molecule has 0 atom stereocenters. The topological polar surface area (TPSA) is 71.1 Å². The van der Waals surface area contributed by atoms with E-state index in [2.05, 4.69) is 15.0 Å². The summed E-state index contributed by atoms with van der Waals surface area (Å²) in [4.78, 5) is 4.49. The van der Waals surface area contributed by atoms with Crippen LogP contribution in [-0.4, -0.2) is 26.5 Å². The summed E-state index contributed by atoms with van der Waals surface area (Å²) in [7, 11) is -3.46. The summed E-state index contributed by atoms with van der Waals surface area (Å²) in [6.07, 6.45) is 6.05. The number of rotatable bonds is 6. The van der Waals surface area contributed by atoms with Gasteiger partial charge in [0.15, 0.2) is 0 Å². The number of nitrogens with zero attached hydrogens (tertiary/aromatic N) is 1. The van der Waals surface area contributed by atoms with E-state index in [0.717, 1.165) is 25.1 Å². The minimum atomic E-state index is -3.46. The molecule has 2 aromatic rings. The Morgan fingerprint density at radius 1 is 1.00 bits per heavy atom. The van der Waals surface area contributed by atoms with Crippen molar-refractivity contribution in [2.75, 3.05) is 18.4 Å². The maximum absolute atomic E-state index is 12.4. The molecular weight excluding hydrogens is 310 g/mol. The highest BCUT2D eigenvalue weighted by Crippen LogP contribution is 2.23. The molecule has 5 nitrogen and oxygen atoms in total. The van der Waals surface area contributed by atoms with Gasteiger partial charge in [-0.15, -0.1) is 0 Å². The van der Waals surface area contributed by atoms with E-state index in [-0.39, 0.29) is 0 Å². The lowest BCUT2D eigenvalue weighted by Gasteiger charge is -2.16. The van der Waals surface area contributed by atoms with E-state index < -0.39 is 10.0 Å². The van der Waals surface area contributed by atoms with Crippen LogP contribution in [0.15, 0.2) is 47.5 Å². The van der Waals surface area contributed by atoms with E-state index in [1.54, 1.807) is 12.3 Å². The predicted molar refractivity (Wildman–Crippen MR) is 91.0 cm³/mol. The highest BCUT2D eigenvalue weighted by Gasteiger charge is 2.17. The van der Waals surface area contributed by atoms with Crippen LogP contribution in [-0.2, 0) is 22.9 Å². The van der Waals surface area contributed by atoms with Crippen molar-refractivity contribution >= 4 is 15.8 Å². The van der Waals surface area contributed by atoms with E-state index in [1.807, 2.05) is 30.3 Å². The molecular formula is C17H21N3O2S. The van der Waals surface area contributed by atoms with Crippen molar-refractivity contribution in [2.45, 2.75) is 30.6 Å². The number of hydrogen-bond acceptors (Lipinski definition) is 4. The fourth-order valence-corrected chi connectivity index (χ4v) is 3.89. The number of fused-ring (bicyclic) bond motifs is 1. The summed E-state index contributed by atoms with van der Waals surface area (Å²) >= 11 is 0. The average Bonchev–Trinajstić information content (AvgIpc) is 2.59. The fourth-order valence-electron chi connectivity index (χ4n) is 2.80. The molecule has 1 aliphatic rings. The van der Waals surface area contributed by atoms with Gasteiger partial charge in [0.25, 0.3) is 0 Å². The molecule has 0 radical (unpaired) electrons. The molecule has 0 amide bonds. The third-order valence-corrected chi connectivity index (χ3v) is 5.48. The molecule has 0 spiro atoms. The molecule has 0 unspecified atom stereocenters. The second-order valence-corrected chi connectivity index (χ2v) is 7.44. The zero-order chi connectivity index (χ0) is 16.1. The molecule has 1 aliphatic carbocycles. The Kier molecular flexibility index (Phi) is 4.93. The normalized spacial score (nSPS) is 14.3. The number of aryl methyl sites for hydroxylation is 2. The fraction of sp³-hybridized carbons (Fsp3) is 0.353. The Bertz CT molecular complexity index is 761. The van der Waals surface area contributed by atoms with Gasteiger partial charge < -0.3 is 5.32 Å². The quantitative estimate of drug-likeness (QED) is 0.797. The molecule has 2 N–H and O–H groups in total. The van der Waals surface area contributed by atoms with Crippen molar-refractivity contribution < 1.29 is 8.42 Å². The monoisotopic (exact) mass is 331 g/mol. The SMILES string of the molecule is O=S(=O)(NCCNc1ccccn1)c1ccc2c(c1)CCCC2. The molecule has 1 aromatic carbocycles. The van der Waals surface area contributed by atoms with Crippen LogP contribution in [0.2, 0.25) is 0 Å². The van der Waals surface area contributed by atoms with Crippen LogP contribution in [0, 0.1) is 0 Å². The number of benzene rings is 1. The van der Waals surface area contributed by atoms with E-state index in [9.17, 15) is 8.42 Å². The van der Waals surface area contributed by atoms with Gasteiger partial charge in [0.2, 0.25) is 10.0 Å². The first-order chi connectivity index (χ1) is 11.1. The van der Waals surface area contributed by atoms with Crippen molar-refractivity contribution in [1.82, 2.24) is 9.71 Å². The number of anilines is 1. The van der Waals surface area contributed by atoms with Crippen molar-refractivity contribution in [3.63, 3.8) is 0 Å². The molecule has 0 fully saturated rings. The van der Waals surface area contributed by atoms with Gasteiger partial charge in [0, 0.05) is 19.3 Å². The van der Waals surface area contributed by atoms with Gasteiger partial charge in [0.05, 0.1) is 4.90 Å². The summed E-state index contributed by atoms with van der Waals surface area (Å²) in [5.41, 5.74) is 2.46. The van der Waals surface area contributed by atoms with Gasteiger partial charge in [-0.2, -0.15) is 0 Å². The first kappa shape index (κ1) is 16.0. The van der Waals surface area contributed by atoms with Gasteiger partial charge >= 0.3 is 0 Å². The lowest BCUT2D eigenvalue weighted by atomic mass is 9.92. The Labute approximate surface area is 137 Å². The van der Waals surface area contributed by atoms with Crippen LogP contribution in [0.1, 0.15) is 24.0 Å². The summed E-state index contributed by atoms with van der Waals surface area (Å²) < 4.78 is 27.4. The van der Waals surface area contributed by atoms with Crippen LogP contribution in [0.25, 0.3) is 0 Å². The van der Waals surface area contributed by atoms with Crippen molar-refractivity contribution in [2.24, 2.45) is 0 Å². The van der Waals surface area contributed by atoms with Gasteiger partial charge in [-0.3, -0.25) is 0 Å². The molecule has 23 heavy (non-hydrogen) atoms. The van der Waals surface area contributed by atoms with Crippen molar-refractivity contribution in [1.29, 1.82) is 0 Å². The van der Waals surface area contributed by atoms with E-state index in [4.69, 9.17) is 0 Å². The van der Waals surface area contributed by atoms with Crippen LogP contribution in [0.5, 0.6) is 0 Å². The maximum atomic E-state index is 12.4. The van der Waals surface area contributed by atoms with Crippen molar-refractivity contribution in [3.05, 3.63) is 53.7 Å². The van der Waals surface area contributed by atoms with E-state index in [1.165, 1.54) is 17.5 Å². The minimum absolute atomic E-state index is 0.315. The maximum Gasteiger partial charge on any atom is 0.240 e. The molecule has 0 saturated heterocycles.